The molecule has 3 aliphatic heterocycles. The van der Waals surface area contributed by atoms with Crippen molar-refractivity contribution in [3.8, 4) is 5.75 Å². The lowest BCUT2D eigenvalue weighted by molar-refractivity contribution is 0.0488. The number of benzene rings is 1. The first-order valence-electron chi connectivity index (χ1n) is 9.83. The van der Waals surface area contributed by atoms with Crippen LogP contribution in [0.5, 0.6) is 5.75 Å². The topological polar surface area (TPSA) is 19.0 Å². The lowest BCUT2D eigenvalue weighted by atomic mass is 9.99. The van der Waals surface area contributed by atoms with Crippen molar-refractivity contribution in [2.45, 2.75) is 38.1 Å². The maximum Gasteiger partial charge on any atom is 0.142 e. The normalized spacial score (nSPS) is 25.0. The van der Waals surface area contributed by atoms with Gasteiger partial charge in [0.1, 0.15) is 12.4 Å². The molecule has 1 unspecified atom stereocenters. The van der Waals surface area contributed by atoms with E-state index in [1.54, 1.807) is 0 Å². The van der Waals surface area contributed by atoms with Crippen LogP contribution in [-0.4, -0.2) is 68.3 Å². The maximum absolute atomic E-state index is 5.75. The summed E-state index contributed by atoms with van der Waals surface area (Å²) in [5, 5.41) is 0. The van der Waals surface area contributed by atoms with Crippen LogP contribution in [0.3, 0.4) is 0 Å². The van der Waals surface area contributed by atoms with E-state index < -0.39 is 0 Å². The van der Waals surface area contributed by atoms with Crippen LogP contribution < -0.4 is 9.64 Å². The number of ether oxygens (including phenoxy) is 1. The molecule has 0 spiro atoms. The predicted octanol–water partition coefficient (Wildman–Crippen LogP) is 2.84. The van der Waals surface area contributed by atoms with Crippen LogP contribution in [0.25, 0.3) is 0 Å². The van der Waals surface area contributed by atoms with Gasteiger partial charge >= 0.3 is 0 Å². The van der Waals surface area contributed by atoms with Crippen LogP contribution in [0.1, 0.15) is 32.1 Å². The lowest BCUT2D eigenvalue weighted by Gasteiger charge is -2.44. The van der Waals surface area contributed by atoms with E-state index >= 15 is 0 Å². The fourth-order valence-corrected chi connectivity index (χ4v) is 4.52. The SMILES string of the molecule is c1ccc2c(c1)OCCN2CCCCN1CCN2CCCCC2C1. The van der Waals surface area contributed by atoms with Crippen molar-refractivity contribution in [2.75, 3.05) is 57.3 Å². The molecule has 4 rings (SSSR count). The molecule has 132 valence electrons. The molecule has 4 nitrogen and oxygen atoms in total. The van der Waals surface area contributed by atoms with Gasteiger partial charge in [-0.05, 0) is 50.9 Å². The molecule has 0 saturated carbocycles. The van der Waals surface area contributed by atoms with E-state index in [9.17, 15) is 0 Å². The van der Waals surface area contributed by atoms with E-state index in [2.05, 4.69) is 39.0 Å². The number of fused-ring (bicyclic) bond motifs is 2. The summed E-state index contributed by atoms with van der Waals surface area (Å²) in [6.45, 7) is 9.49. The first-order chi connectivity index (χ1) is 11.9. The first-order valence-corrected chi connectivity index (χ1v) is 9.83. The molecule has 0 N–H and O–H groups in total. The number of hydrogen-bond acceptors (Lipinski definition) is 4. The van der Waals surface area contributed by atoms with E-state index in [4.69, 9.17) is 4.74 Å². The van der Waals surface area contributed by atoms with Crippen LogP contribution in [0.15, 0.2) is 24.3 Å². The standard InChI is InChI=1S/C20H31N3O/c1-2-9-20-19(8-1)23(15-16-24-20)12-6-5-10-21-13-14-22-11-4-3-7-18(22)17-21/h1-2,8-9,18H,3-7,10-17H2. The van der Waals surface area contributed by atoms with Crippen LogP contribution in [-0.2, 0) is 0 Å². The van der Waals surface area contributed by atoms with Gasteiger partial charge in [-0.25, -0.2) is 0 Å². The summed E-state index contributed by atoms with van der Waals surface area (Å²) in [7, 11) is 0. The average Bonchev–Trinajstić information content (AvgIpc) is 2.65. The Morgan fingerprint density at radius 1 is 0.958 bits per heavy atom. The number of piperidine rings is 1. The minimum atomic E-state index is 0.820. The Labute approximate surface area is 146 Å². The van der Waals surface area contributed by atoms with Crippen molar-refractivity contribution < 1.29 is 4.74 Å². The van der Waals surface area contributed by atoms with E-state index in [1.165, 1.54) is 70.5 Å². The first kappa shape index (κ1) is 16.2. The second-order valence-corrected chi connectivity index (χ2v) is 7.50. The minimum absolute atomic E-state index is 0.820. The number of piperazine rings is 1. The van der Waals surface area contributed by atoms with Gasteiger partial charge in [-0.2, -0.15) is 0 Å². The quantitative estimate of drug-likeness (QED) is 0.773. The Hall–Kier alpha value is -1.26. The largest absolute Gasteiger partial charge is 0.490 e. The molecule has 1 atom stereocenters. The highest BCUT2D eigenvalue weighted by atomic mass is 16.5. The number of anilines is 1. The number of unbranched alkanes of at least 4 members (excludes halogenated alkanes) is 1. The highest BCUT2D eigenvalue weighted by Gasteiger charge is 2.28. The summed E-state index contributed by atoms with van der Waals surface area (Å²) in [5.74, 6) is 1.05. The fraction of sp³-hybridized carbons (Fsp3) is 0.700. The maximum atomic E-state index is 5.75. The van der Waals surface area contributed by atoms with Crippen LogP contribution in [0.4, 0.5) is 5.69 Å². The van der Waals surface area contributed by atoms with Crippen LogP contribution in [0, 0.1) is 0 Å². The van der Waals surface area contributed by atoms with Crippen LogP contribution >= 0.6 is 0 Å². The number of rotatable bonds is 5. The zero-order valence-corrected chi connectivity index (χ0v) is 14.8. The number of para-hydroxylation sites is 2. The van der Waals surface area contributed by atoms with Gasteiger partial charge in [0, 0.05) is 32.2 Å². The Bertz CT molecular complexity index is 535. The molecule has 3 heterocycles. The average molecular weight is 329 g/mol. The Morgan fingerprint density at radius 2 is 1.88 bits per heavy atom. The summed E-state index contributed by atoms with van der Waals surface area (Å²) in [5.41, 5.74) is 1.28. The lowest BCUT2D eigenvalue weighted by Crippen LogP contribution is -2.54. The number of nitrogens with zero attached hydrogens (tertiary/aromatic N) is 3. The van der Waals surface area contributed by atoms with Gasteiger partial charge in [-0.15, -0.1) is 0 Å². The second-order valence-electron chi connectivity index (χ2n) is 7.50. The third kappa shape index (κ3) is 3.70. The molecular weight excluding hydrogens is 298 g/mol. The van der Waals surface area contributed by atoms with Crippen LogP contribution in [0.2, 0.25) is 0 Å². The van der Waals surface area contributed by atoms with Crippen molar-refractivity contribution in [2.24, 2.45) is 0 Å². The molecule has 4 heteroatoms. The molecule has 1 aromatic rings. The predicted molar refractivity (Wildman–Crippen MR) is 99.0 cm³/mol. The summed E-state index contributed by atoms with van der Waals surface area (Å²) < 4.78 is 5.75. The van der Waals surface area contributed by atoms with E-state index in [0.717, 1.165) is 31.5 Å². The van der Waals surface area contributed by atoms with E-state index in [-0.39, 0.29) is 0 Å². The van der Waals surface area contributed by atoms with E-state index in [1.807, 2.05) is 0 Å². The zero-order valence-electron chi connectivity index (χ0n) is 14.8. The van der Waals surface area contributed by atoms with Gasteiger partial charge in [0.15, 0.2) is 0 Å². The Kier molecular flexibility index (Phi) is 5.24. The molecule has 2 fully saturated rings. The van der Waals surface area contributed by atoms with Gasteiger partial charge in [0.05, 0.1) is 12.2 Å². The van der Waals surface area contributed by atoms with Crippen molar-refractivity contribution in [3.05, 3.63) is 24.3 Å². The molecule has 24 heavy (non-hydrogen) atoms. The highest BCUT2D eigenvalue weighted by molar-refractivity contribution is 5.59. The third-order valence-corrected chi connectivity index (χ3v) is 5.90. The van der Waals surface area contributed by atoms with Gasteiger partial charge < -0.3 is 14.5 Å². The molecule has 3 aliphatic rings. The Morgan fingerprint density at radius 3 is 2.88 bits per heavy atom. The molecule has 0 aliphatic carbocycles. The van der Waals surface area contributed by atoms with Crippen molar-refractivity contribution in [3.63, 3.8) is 0 Å². The molecule has 0 bridgehead atoms. The summed E-state index contributed by atoms with van der Waals surface area (Å²) >= 11 is 0. The molecule has 0 radical (unpaired) electrons. The zero-order chi connectivity index (χ0) is 16.2. The van der Waals surface area contributed by atoms with Gasteiger partial charge in [0.25, 0.3) is 0 Å². The highest BCUT2D eigenvalue weighted by Crippen LogP contribution is 2.31. The Balaban J connectivity index is 1.20. The summed E-state index contributed by atoms with van der Waals surface area (Å²) in [6.07, 6.45) is 6.86. The van der Waals surface area contributed by atoms with Gasteiger partial charge in [0.2, 0.25) is 0 Å². The van der Waals surface area contributed by atoms with Crippen molar-refractivity contribution in [1.29, 1.82) is 0 Å². The summed E-state index contributed by atoms with van der Waals surface area (Å²) in [4.78, 5) is 7.93. The molecular formula is C20H31N3O. The minimum Gasteiger partial charge on any atom is -0.490 e. The second kappa shape index (κ2) is 7.75. The summed E-state index contributed by atoms with van der Waals surface area (Å²) in [6, 6.07) is 9.30. The van der Waals surface area contributed by atoms with Crippen molar-refractivity contribution in [1.82, 2.24) is 9.80 Å². The third-order valence-electron chi connectivity index (χ3n) is 5.90. The molecule has 0 amide bonds. The van der Waals surface area contributed by atoms with E-state index in [0.29, 0.717) is 0 Å². The number of hydrogen-bond donors (Lipinski definition) is 0. The fourth-order valence-electron chi connectivity index (χ4n) is 4.52. The molecule has 2 saturated heterocycles. The smallest absolute Gasteiger partial charge is 0.142 e. The van der Waals surface area contributed by atoms with Crippen molar-refractivity contribution >= 4 is 5.69 Å². The molecule has 0 aromatic heterocycles. The monoisotopic (exact) mass is 329 g/mol. The van der Waals surface area contributed by atoms with Gasteiger partial charge in [-0.3, -0.25) is 4.90 Å². The van der Waals surface area contributed by atoms with Gasteiger partial charge in [-0.1, -0.05) is 18.6 Å². The molecule has 1 aromatic carbocycles.